The Bertz CT molecular complexity index is 623. The van der Waals surface area contributed by atoms with Gasteiger partial charge in [-0.3, -0.25) is 4.79 Å². The van der Waals surface area contributed by atoms with Crippen LogP contribution in [-0.4, -0.2) is 44.5 Å². The Kier molecular flexibility index (Phi) is 5.11. The molecule has 1 aliphatic heterocycles. The lowest BCUT2D eigenvalue weighted by Crippen LogP contribution is -2.44. The van der Waals surface area contributed by atoms with E-state index in [1.165, 1.54) is 5.56 Å². The molecule has 1 saturated heterocycles. The van der Waals surface area contributed by atoms with Crippen LogP contribution in [0.2, 0.25) is 0 Å². The molecule has 0 saturated carbocycles. The molecule has 2 rings (SSSR count). The Hall–Kier alpha value is -1.56. The average Bonchev–Trinajstić information content (AvgIpc) is 2.76. The molecule has 22 heavy (non-hydrogen) atoms. The third-order valence-corrected chi connectivity index (χ3v) is 5.67. The van der Waals surface area contributed by atoms with Crippen LogP contribution >= 0.6 is 0 Å². The van der Waals surface area contributed by atoms with Crippen molar-refractivity contribution in [3.63, 3.8) is 0 Å². The van der Waals surface area contributed by atoms with Gasteiger partial charge in [0, 0.05) is 17.8 Å². The Morgan fingerprint density at radius 3 is 2.45 bits per heavy atom. The molecule has 0 spiro atoms. The third kappa shape index (κ3) is 4.47. The fraction of sp³-hybridized carbons (Fsp3) is 0.562. The van der Waals surface area contributed by atoms with Crippen molar-refractivity contribution in [1.82, 2.24) is 5.32 Å². The topological polar surface area (TPSA) is 66.5 Å². The van der Waals surface area contributed by atoms with Crippen LogP contribution in [0.25, 0.3) is 0 Å². The summed E-state index contributed by atoms with van der Waals surface area (Å²) in [4.78, 5) is 14.2. The van der Waals surface area contributed by atoms with Crippen molar-refractivity contribution in [1.29, 1.82) is 0 Å². The van der Waals surface area contributed by atoms with Crippen LogP contribution in [0.5, 0.6) is 0 Å². The van der Waals surface area contributed by atoms with Gasteiger partial charge < -0.3 is 10.2 Å². The van der Waals surface area contributed by atoms with Crippen LogP contribution < -0.4 is 10.2 Å². The maximum atomic E-state index is 12.2. The number of sulfone groups is 1. The van der Waals surface area contributed by atoms with E-state index >= 15 is 0 Å². The number of amides is 1. The molecule has 1 aromatic carbocycles. The van der Waals surface area contributed by atoms with Crippen molar-refractivity contribution in [3.05, 3.63) is 29.8 Å². The van der Waals surface area contributed by atoms with E-state index in [0.717, 1.165) is 5.69 Å². The Morgan fingerprint density at radius 1 is 1.32 bits per heavy atom. The molecule has 122 valence electrons. The zero-order valence-corrected chi connectivity index (χ0v) is 14.2. The number of nitrogens with one attached hydrogen (secondary N) is 1. The van der Waals surface area contributed by atoms with Crippen LogP contribution in [0, 0.1) is 6.92 Å². The number of nitrogens with zero attached hydrogens (tertiary/aromatic N) is 1. The van der Waals surface area contributed by atoms with Gasteiger partial charge in [-0.15, -0.1) is 0 Å². The molecular formula is C16H24N2O3S. The Morgan fingerprint density at radius 2 is 1.95 bits per heavy atom. The number of carbonyl (C=O) groups is 1. The standard InChI is InChI=1S/C16H24N2O3S/c1-12(2)18(15-6-4-13(3)5-7-15)10-16(19)17-14-8-9-22(20,21)11-14/h4-7,12,14H,8-11H2,1-3H3,(H,17,19)/t14-/m0/s1. The molecule has 0 unspecified atom stereocenters. The van der Waals surface area contributed by atoms with Gasteiger partial charge >= 0.3 is 0 Å². The van der Waals surface area contributed by atoms with Crippen molar-refractivity contribution in [2.75, 3.05) is 23.0 Å². The van der Waals surface area contributed by atoms with Gasteiger partial charge in [0.1, 0.15) is 0 Å². The van der Waals surface area contributed by atoms with Crippen LogP contribution in [-0.2, 0) is 14.6 Å². The van der Waals surface area contributed by atoms with Gasteiger partial charge in [-0.05, 0) is 39.3 Å². The first-order valence-corrected chi connectivity index (χ1v) is 9.42. The summed E-state index contributed by atoms with van der Waals surface area (Å²) in [5, 5.41) is 2.84. The second-order valence-electron chi connectivity index (χ2n) is 6.22. The van der Waals surface area contributed by atoms with Gasteiger partial charge in [0.2, 0.25) is 5.91 Å². The van der Waals surface area contributed by atoms with E-state index in [-0.39, 0.29) is 36.0 Å². The number of rotatable bonds is 5. The normalized spacial score (nSPS) is 20.1. The van der Waals surface area contributed by atoms with E-state index in [1.807, 2.05) is 49.9 Å². The largest absolute Gasteiger partial charge is 0.360 e. The summed E-state index contributed by atoms with van der Waals surface area (Å²) in [5.41, 5.74) is 2.17. The van der Waals surface area contributed by atoms with Gasteiger partial charge in [-0.25, -0.2) is 8.42 Å². The second kappa shape index (κ2) is 6.69. The number of hydrogen-bond acceptors (Lipinski definition) is 4. The summed E-state index contributed by atoms with van der Waals surface area (Å²) < 4.78 is 22.9. The van der Waals surface area contributed by atoms with Gasteiger partial charge in [-0.2, -0.15) is 0 Å². The minimum absolute atomic E-state index is 0.0605. The number of hydrogen-bond donors (Lipinski definition) is 1. The quantitative estimate of drug-likeness (QED) is 0.892. The van der Waals surface area contributed by atoms with Gasteiger partial charge in [0.15, 0.2) is 9.84 Å². The molecule has 0 aromatic heterocycles. The fourth-order valence-corrected chi connectivity index (χ4v) is 4.32. The lowest BCUT2D eigenvalue weighted by molar-refractivity contribution is -0.120. The summed E-state index contributed by atoms with van der Waals surface area (Å²) in [6, 6.07) is 7.98. The van der Waals surface area contributed by atoms with E-state index in [0.29, 0.717) is 6.42 Å². The fourth-order valence-electron chi connectivity index (χ4n) is 2.65. The smallest absolute Gasteiger partial charge is 0.239 e. The second-order valence-corrected chi connectivity index (χ2v) is 8.45. The molecule has 5 nitrogen and oxygen atoms in total. The highest BCUT2D eigenvalue weighted by molar-refractivity contribution is 7.91. The lowest BCUT2D eigenvalue weighted by Gasteiger charge is -2.29. The predicted molar refractivity (Wildman–Crippen MR) is 88.9 cm³/mol. The van der Waals surface area contributed by atoms with Crippen molar-refractivity contribution < 1.29 is 13.2 Å². The average molecular weight is 324 g/mol. The maximum absolute atomic E-state index is 12.2. The monoisotopic (exact) mass is 324 g/mol. The van der Waals surface area contributed by atoms with Crippen molar-refractivity contribution in [2.45, 2.75) is 39.3 Å². The molecule has 1 N–H and O–H groups in total. The molecular weight excluding hydrogens is 300 g/mol. The zero-order chi connectivity index (χ0) is 16.3. The molecule has 1 aromatic rings. The minimum atomic E-state index is -2.97. The summed E-state index contributed by atoms with van der Waals surface area (Å²) in [6.07, 6.45) is 0.514. The first kappa shape index (κ1) is 16.8. The number of anilines is 1. The molecule has 1 atom stereocenters. The van der Waals surface area contributed by atoms with E-state index in [4.69, 9.17) is 0 Å². The summed E-state index contributed by atoms with van der Waals surface area (Å²) >= 11 is 0. The van der Waals surface area contributed by atoms with Gasteiger partial charge in [0.25, 0.3) is 0 Å². The van der Waals surface area contributed by atoms with Crippen LogP contribution in [0.15, 0.2) is 24.3 Å². The first-order valence-electron chi connectivity index (χ1n) is 7.60. The van der Waals surface area contributed by atoms with Crippen molar-refractivity contribution in [2.24, 2.45) is 0 Å². The molecule has 0 radical (unpaired) electrons. The SMILES string of the molecule is Cc1ccc(N(CC(=O)N[C@H]2CCS(=O)(=O)C2)C(C)C)cc1. The highest BCUT2D eigenvalue weighted by Crippen LogP contribution is 2.18. The highest BCUT2D eigenvalue weighted by Gasteiger charge is 2.29. The summed E-state index contributed by atoms with van der Waals surface area (Å²) in [7, 11) is -2.97. The third-order valence-electron chi connectivity index (χ3n) is 3.90. The molecule has 6 heteroatoms. The Labute approximate surface area is 132 Å². The van der Waals surface area contributed by atoms with Crippen molar-refractivity contribution >= 4 is 21.4 Å². The summed E-state index contributed by atoms with van der Waals surface area (Å²) in [6.45, 7) is 6.33. The van der Waals surface area contributed by atoms with Crippen LogP contribution in [0.4, 0.5) is 5.69 Å². The number of aryl methyl sites for hydroxylation is 1. The van der Waals surface area contributed by atoms with Crippen LogP contribution in [0.1, 0.15) is 25.8 Å². The van der Waals surface area contributed by atoms with E-state index in [1.54, 1.807) is 0 Å². The zero-order valence-electron chi connectivity index (χ0n) is 13.4. The Balaban J connectivity index is 1.99. The lowest BCUT2D eigenvalue weighted by atomic mass is 10.2. The predicted octanol–water partition coefficient (Wildman–Crippen LogP) is 1.51. The molecule has 1 aliphatic rings. The first-order chi connectivity index (χ1) is 10.3. The molecule has 1 fully saturated rings. The molecule has 1 amide bonds. The summed E-state index contributed by atoms with van der Waals surface area (Å²) in [5.74, 6) is 0.103. The molecule has 0 bridgehead atoms. The van der Waals surface area contributed by atoms with Gasteiger partial charge in [-0.1, -0.05) is 17.7 Å². The highest BCUT2D eigenvalue weighted by atomic mass is 32.2. The van der Waals surface area contributed by atoms with Gasteiger partial charge in [0.05, 0.1) is 18.1 Å². The molecule has 0 aliphatic carbocycles. The van der Waals surface area contributed by atoms with E-state index in [9.17, 15) is 13.2 Å². The number of benzene rings is 1. The molecule has 1 heterocycles. The minimum Gasteiger partial charge on any atom is -0.360 e. The van der Waals surface area contributed by atoms with Crippen LogP contribution in [0.3, 0.4) is 0 Å². The van der Waals surface area contributed by atoms with Crippen molar-refractivity contribution in [3.8, 4) is 0 Å². The van der Waals surface area contributed by atoms with E-state index < -0.39 is 9.84 Å². The van der Waals surface area contributed by atoms with E-state index in [2.05, 4.69) is 5.32 Å². The maximum Gasteiger partial charge on any atom is 0.239 e. The number of carbonyl (C=O) groups excluding carboxylic acids is 1.